The molecule has 1 aromatic carbocycles. The van der Waals surface area contributed by atoms with Crippen molar-refractivity contribution in [1.29, 1.82) is 0 Å². The van der Waals surface area contributed by atoms with E-state index < -0.39 is 23.0 Å². The summed E-state index contributed by atoms with van der Waals surface area (Å²) in [5.74, 6) is -1.84. The summed E-state index contributed by atoms with van der Waals surface area (Å²) >= 11 is 1.53. The molecule has 5 nitrogen and oxygen atoms in total. The Morgan fingerprint density at radius 2 is 2.13 bits per heavy atom. The minimum Gasteiger partial charge on any atom is -0.466 e. The molecule has 1 saturated heterocycles. The summed E-state index contributed by atoms with van der Waals surface area (Å²) in [6, 6.07) is 3.36. The smallest absolute Gasteiger partial charge is 0.314 e. The molecule has 1 aliphatic rings. The molecular weight excluding hydrogens is 410 g/mol. The highest BCUT2D eigenvalue weighted by molar-refractivity contribution is 7.09. The highest BCUT2D eigenvalue weighted by Gasteiger charge is 2.45. The van der Waals surface area contributed by atoms with Gasteiger partial charge in [0.2, 0.25) is 5.91 Å². The first kappa shape index (κ1) is 22.3. The Labute approximate surface area is 179 Å². The van der Waals surface area contributed by atoms with Gasteiger partial charge in [-0.1, -0.05) is 6.07 Å². The van der Waals surface area contributed by atoms with E-state index in [0.29, 0.717) is 32.2 Å². The third-order valence-electron chi connectivity index (χ3n) is 5.59. The van der Waals surface area contributed by atoms with Crippen molar-refractivity contribution in [3.8, 4) is 0 Å². The van der Waals surface area contributed by atoms with Crippen molar-refractivity contribution < 1.29 is 23.1 Å². The van der Waals surface area contributed by atoms with Crippen LogP contribution in [0.3, 0.4) is 0 Å². The van der Waals surface area contributed by atoms with Crippen LogP contribution in [0.2, 0.25) is 0 Å². The highest BCUT2D eigenvalue weighted by Crippen LogP contribution is 2.36. The second-order valence-electron chi connectivity index (χ2n) is 7.69. The van der Waals surface area contributed by atoms with Crippen LogP contribution in [0.5, 0.6) is 0 Å². The molecule has 1 atom stereocenters. The van der Waals surface area contributed by atoms with Gasteiger partial charge in [-0.25, -0.2) is 13.8 Å². The number of aromatic nitrogens is 1. The number of benzene rings is 1. The zero-order valence-electron chi connectivity index (χ0n) is 17.2. The van der Waals surface area contributed by atoms with Gasteiger partial charge in [-0.3, -0.25) is 9.59 Å². The molecule has 0 unspecified atom stereocenters. The maximum absolute atomic E-state index is 14.3. The molecule has 0 N–H and O–H groups in total. The summed E-state index contributed by atoms with van der Waals surface area (Å²) in [4.78, 5) is 32.7. The van der Waals surface area contributed by atoms with Gasteiger partial charge in [-0.15, -0.1) is 11.3 Å². The molecule has 0 radical (unpaired) electrons. The molecule has 2 heterocycles. The van der Waals surface area contributed by atoms with Gasteiger partial charge in [0.05, 0.1) is 23.2 Å². The summed E-state index contributed by atoms with van der Waals surface area (Å²) in [7, 11) is 0. The van der Waals surface area contributed by atoms with E-state index in [2.05, 4.69) is 4.98 Å². The number of rotatable bonds is 7. The predicted octanol–water partition coefficient (Wildman–Crippen LogP) is 4.08. The molecule has 30 heavy (non-hydrogen) atoms. The molecule has 0 aliphatic carbocycles. The quantitative estimate of drug-likeness (QED) is 0.614. The molecule has 8 heteroatoms. The lowest BCUT2D eigenvalue weighted by Crippen LogP contribution is -2.51. The van der Waals surface area contributed by atoms with Gasteiger partial charge >= 0.3 is 5.97 Å². The predicted molar refractivity (Wildman–Crippen MR) is 110 cm³/mol. The molecule has 1 amide bonds. The Balaban J connectivity index is 1.77. The largest absolute Gasteiger partial charge is 0.466 e. The number of esters is 1. The second-order valence-corrected chi connectivity index (χ2v) is 8.63. The monoisotopic (exact) mass is 436 g/mol. The van der Waals surface area contributed by atoms with Crippen molar-refractivity contribution in [2.75, 3.05) is 19.7 Å². The molecule has 162 valence electrons. The first-order valence-corrected chi connectivity index (χ1v) is 11.0. The fourth-order valence-electron chi connectivity index (χ4n) is 3.99. The van der Waals surface area contributed by atoms with Gasteiger partial charge in [-0.05, 0) is 51.2 Å². The Kier molecular flexibility index (Phi) is 7.18. The molecule has 0 saturated carbocycles. The third-order valence-corrected chi connectivity index (χ3v) is 6.59. The van der Waals surface area contributed by atoms with E-state index in [-0.39, 0.29) is 31.0 Å². The standard InChI is InChI=1S/C22H26F2N2O3S/c1-3-29-21(28)22(12-16-5-6-17(23)11-18(16)24)9-4-10-26(13-22)20(27)8-7-19-15(2)25-14-30-19/h5-6,11,14H,3-4,7-10,12-13H2,1-2H3/t22-/m1/s1. The fourth-order valence-corrected chi connectivity index (χ4v) is 4.77. The lowest BCUT2D eigenvalue weighted by molar-refractivity contribution is -0.160. The topological polar surface area (TPSA) is 59.5 Å². The van der Waals surface area contributed by atoms with E-state index in [1.165, 1.54) is 23.5 Å². The maximum atomic E-state index is 14.3. The Morgan fingerprint density at radius 3 is 2.80 bits per heavy atom. The molecule has 0 bridgehead atoms. The summed E-state index contributed by atoms with van der Waals surface area (Å²) < 4.78 is 32.9. The van der Waals surface area contributed by atoms with Crippen LogP contribution in [0, 0.1) is 24.0 Å². The number of carbonyl (C=O) groups excluding carboxylic acids is 2. The zero-order valence-corrected chi connectivity index (χ0v) is 18.1. The van der Waals surface area contributed by atoms with E-state index in [4.69, 9.17) is 4.74 Å². The van der Waals surface area contributed by atoms with Crippen LogP contribution in [-0.4, -0.2) is 41.5 Å². The van der Waals surface area contributed by atoms with Gasteiger partial charge in [0.25, 0.3) is 0 Å². The maximum Gasteiger partial charge on any atom is 0.314 e. The third kappa shape index (κ3) is 5.03. The Morgan fingerprint density at radius 1 is 1.33 bits per heavy atom. The van der Waals surface area contributed by atoms with Crippen LogP contribution in [0.15, 0.2) is 23.7 Å². The number of carbonyl (C=O) groups is 2. The number of piperidine rings is 1. The first-order valence-electron chi connectivity index (χ1n) is 10.1. The van der Waals surface area contributed by atoms with Crippen molar-refractivity contribution in [1.82, 2.24) is 9.88 Å². The van der Waals surface area contributed by atoms with Gasteiger partial charge in [0, 0.05) is 30.5 Å². The number of halogens is 2. The van der Waals surface area contributed by atoms with Crippen molar-refractivity contribution in [2.45, 2.75) is 46.0 Å². The Hall–Kier alpha value is -2.35. The fraction of sp³-hybridized carbons (Fsp3) is 0.500. The van der Waals surface area contributed by atoms with Gasteiger partial charge in [-0.2, -0.15) is 0 Å². The van der Waals surface area contributed by atoms with Crippen LogP contribution in [0.1, 0.15) is 42.3 Å². The van der Waals surface area contributed by atoms with Crippen molar-refractivity contribution in [2.24, 2.45) is 5.41 Å². The molecule has 1 aromatic heterocycles. The van der Waals surface area contributed by atoms with E-state index in [1.54, 1.807) is 17.3 Å². The van der Waals surface area contributed by atoms with Crippen LogP contribution < -0.4 is 0 Å². The summed E-state index contributed by atoms with van der Waals surface area (Å²) in [5.41, 5.74) is 1.90. The van der Waals surface area contributed by atoms with Crippen molar-refractivity contribution >= 4 is 23.2 Å². The SMILES string of the molecule is CCOC(=O)[C@@]1(Cc2ccc(F)cc2F)CCCN(C(=O)CCc2scnc2C)C1. The van der Waals surface area contributed by atoms with Crippen molar-refractivity contribution in [3.05, 3.63) is 51.5 Å². The second kappa shape index (κ2) is 9.64. The molecular formula is C22H26F2N2O3S. The number of aryl methyl sites for hydroxylation is 2. The highest BCUT2D eigenvalue weighted by atomic mass is 32.1. The van der Waals surface area contributed by atoms with Gasteiger partial charge in [0.15, 0.2) is 0 Å². The number of thiazole rings is 1. The normalized spacial score (nSPS) is 19.0. The van der Waals surface area contributed by atoms with Gasteiger partial charge in [0.1, 0.15) is 11.6 Å². The average Bonchev–Trinajstić information content (AvgIpc) is 3.13. The van der Waals surface area contributed by atoms with E-state index >= 15 is 0 Å². The van der Waals surface area contributed by atoms with Crippen LogP contribution in [0.4, 0.5) is 8.78 Å². The summed E-state index contributed by atoms with van der Waals surface area (Å²) in [6.45, 7) is 4.55. The molecule has 0 spiro atoms. The van der Waals surface area contributed by atoms with Crippen LogP contribution >= 0.6 is 11.3 Å². The van der Waals surface area contributed by atoms with E-state index in [1.807, 2.05) is 6.92 Å². The minimum absolute atomic E-state index is 0.0456. The van der Waals surface area contributed by atoms with Crippen LogP contribution in [0.25, 0.3) is 0 Å². The first-order chi connectivity index (χ1) is 14.3. The molecule has 1 aliphatic heterocycles. The summed E-state index contributed by atoms with van der Waals surface area (Å²) in [5, 5.41) is 0. The van der Waals surface area contributed by atoms with Crippen molar-refractivity contribution in [3.63, 3.8) is 0 Å². The van der Waals surface area contributed by atoms with Gasteiger partial charge < -0.3 is 9.64 Å². The minimum atomic E-state index is -1.04. The number of likely N-dealkylation sites (tertiary alicyclic amines) is 1. The average molecular weight is 437 g/mol. The molecule has 2 aromatic rings. The number of hydrogen-bond donors (Lipinski definition) is 0. The number of ether oxygens (including phenoxy) is 1. The lowest BCUT2D eigenvalue weighted by atomic mass is 9.74. The lowest BCUT2D eigenvalue weighted by Gasteiger charge is -2.41. The summed E-state index contributed by atoms with van der Waals surface area (Å²) in [6.07, 6.45) is 2.10. The number of nitrogens with zero attached hydrogens (tertiary/aromatic N) is 2. The number of hydrogen-bond acceptors (Lipinski definition) is 5. The van der Waals surface area contributed by atoms with Crippen LogP contribution in [-0.2, 0) is 27.2 Å². The van der Waals surface area contributed by atoms with E-state index in [0.717, 1.165) is 16.6 Å². The molecule has 1 fully saturated rings. The number of amides is 1. The molecule has 3 rings (SSSR count). The van der Waals surface area contributed by atoms with E-state index in [9.17, 15) is 18.4 Å². The zero-order chi connectivity index (χ0) is 21.7. The Bertz CT molecular complexity index is 918.